The second-order valence-electron chi connectivity index (χ2n) is 4.26. The molecule has 1 saturated carbocycles. The predicted octanol–water partition coefficient (Wildman–Crippen LogP) is 2.39. The normalized spacial score (nSPS) is 26.9. The van der Waals surface area contributed by atoms with Crippen molar-refractivity contribution in [3.05, 3.63) is 0 Å². The molecule has 0 aromatic rings. The molecule has 0 amide bonds. The van der Waals surface area contributed by atoms with E-state index in [1.807, 2.05) is 0 Å². The van der Waals surface area contributed by atoms with Gasteiger partial charge < -0.3 is 9.47 Å². The molecule has 0 spiro atoms. The number of ether oxygens (including phenoxy) is 2. The van der Waals surface area contributed by atoms with Crippen LogP contribution in [0.3, 0.4) is 0 Å². The molecule has 0 aromatic carbocycles. The van der Waals surface area contributed by atoms with Gasteiger partial charge in [-0.05, 0) is 18.8 Å². The Balaban J connectivity index is 2.62. The van der Waals surface area contributed by atoms with Gasteiger partial charge in [-0.25, -0.2) is 0 Å². The fourth-order valence-electron chi connectivity index (χ4n) is 2.57. The summed E-state index contributed by atoms with van der Waals surface area (Å²) >= 11 is 0. The monoisotopic (exact) mass is 214 g/mol. The molecule has 0 saturated heterocycles. The van der Waals surface area contributed by atoms with Crippen LogP contribution in [0.15, 0.2) is 0 Å². The van der Waals surface area contributed by atoms with Gasteiger partial charge in [-0.3, -0.25) is 4.79 Å². The Morgan fingerprint density at radius 2 is 1.87 bits per heavy atom. The average Bonchev–Trinajstić information content (AvgIpc) is 2.30. The Labute approximate surface area is 92.1 Å². The third-order valence-electron chi connectivity index (χ3n) is 3.46. The molecule has 3 nitrogen and oxygen atoms in total. The average molecular weight is 214 g/mol. The Bertz CT molecular complexity index is 199. The van der Waals surface area contributed by atoms with Crippen LogP contribution in [0.25, 0.3) is 0 Å². The smallest absolute Gasteiger partial charge is 0.217 e. The molecule has 88 valence electrons. The zero-order valence-corrected chi connectivity index (χ0v) is 9.99. The molecule has 0 heterocycles. The molecular weight excluding hydrogens is 192 g/mol. The molecule has 1 aliphatic rings. The summed E-state index contributed by atoms with van der Waals surface area (Å²) in [6.07, 6.45) is 5.01. The zero-order valence-electron chi connectivity index (χ0n) is 9.99. The van der Waals surface area contributed by atoms with E-state index in [-0.39, 0.29) is 11.7 Å². The van der Waals surface area contributed by atoms with Gasteiger partial charge >= 0.3 is 0 Å². The summed E-state index contributed by atoms with van der Waals surface area (Å²) in [5.41, 5.74) is 0. The molecule has 2 atom stereocenters. The maximum Gasteiger partial charge on any atom is 0.217 e. The van der Waals surface area contributed by atoms with E-state index in [2.05, 4.69) is 6.92 Å². The van der Waals surface area contributed by atoms with E-state index in [1.165, 1.54) is 27.1 Å². The maximum atomic E-state index is 12.1. The fraction of sp³-hybridized carbons (Fsp3) is 0.917. The second kappa shape index (κ2) is 6.23. The molecule has 0 N–H and O–H groups in total. The van der Waals surface area contributed by atoms with E-state index in [4.69, 9.17) is 9.47 Å². The van der Waals surface area contributed by atoms with Crippen molar-refractivity contribution >= 4 is 5.78 Å². The highest BCUT2D eigenvalue weighted by molar-refractivity contribution is 5.84. The molecule has 0 radical (unpaired) electrons. The lowest BCUT2D eigenvalue weighted by Gasteiger charge is -2.31. The van der Waals surface area contributed by atoms with Gasteiger partial charge in [-0.2, -0.15) is 0 Å². The van der Waals surface area contributed by atoms with Crippen LogP contribution in [0, 0.1) is 11.8 Å². The third-order valence-corrected chi connectivity index (χ3v) is 3.46. The maximum absolute atomic E-state index is 12.1. The number of rotatable bonds is 5. The van der Waals surface area contributed by atoms with Crippen LogP contribution in [0.2, 0.25) is 0 Å². The zero-order chi connectivity index (χ0) is 11.3. The predicted molar refractivity (Wildman–Crippen MR) is 58.6 cm³/mol. The van der Waals surface area contributed by atoms with E-state index in [1.54, 1.807) is 0 Å². The van der Waals surface area contributed by atoms with Crippen LogP contribution in [0.1, 0.15) is 39.0 Å². The molecule has 3 heteroatoms. The molecule has 0 bridgehead atoms. The van der Waals surface area contributed by atoms with E-state index in [9.17, 15) is 4.79 Å². The van der Waals surface area contributed by atoms with Gasteiger partial charge in [-0.15, -0.1) is 0 Å². The summed E-state index contributed by atoms with van der Waals surface area (Å²) in [4.78, 5) is 12.1. The summed E-state index contributed by atoms with van der Waals surface area (Å²) in [6, 6.07) is 0. The lowest BCUT2D eigenvalue weighted by atomic mass is 9.75. The first-order chi connectivity index (χ1) is 7.24. The van der Waals surface area contributed by atoms with Crippen molar-refractivity contribution in [2.24, 2.45) is 11.8 Å². The minimum Gasteiger partial charge on any atom is -0.349 e. The van der Waals surface area contributed by atoms with Gasteiger partial charge in [0.2, 0.25) is 6.29 Å². The number of hydrogen-bond donors (Lipinski definition) is 0. The van der Waals surface area contributed by atoms with Gasteiger partial charge in [0.05, 0.1) is 0 Å². The number of Topliss-reactive ketones (excluding diaryl/α,β-unsaturated/α-hetero) is 1. The Morgan fingerprint density at radius 3 is 2.40 bits per heavy atom. The number of hydrogen-bond acceptors (Lipinski definition) is 3. The molecular formula is C12H22O3. The standard InChI is InChI=1S/C12H22O3/c1-4-9-7-5-6-8-10(9)11(13)12(14-2)15-3/h9-10,12H,4-8H2,1-3H3. The highest BCUT2D eigenvalue weighted by Crippen LogP contribution is 2.33. The SMILES string of the molecule is CCC1CCCCC1C(=O)C(OC)OC. The molecule has 15 heavy (non-hydrogen) atoms. The van der Waals surface area contributed by atoms with Crippen molar-refractivity contribution in [3.8, 4) is 0 Å². The third kappa shape index (κ3) is 3.02. The van der Waals surface area contributed by atoms with Crippen LogP contribution in [0.4, 0.5) is 0 Å². The first kappa shape index (κ1) is 12.7. The largest absolute Gasteiger partial charge is 0.349 e. The topological polar surface area (TPSA) is 35.5 Å². The quantitative estimate of drug-likeness (QED) is 0.659. The lowest BCUT2D eigenvalue weighted by molar-refractivity contribution is -0.163. The summed E-state index contributed by atoms with van der Waals surface area (Å²) in [5, 5.41) is 0. The molecule has 1 aliphatic carbocycles. The first-order valence-corrected chi connectivity index (χ1v) is 5.83. The van der Waals surface area contributed by atoms with Crippen LogP contribution in [-0.4, -0.2) is 26.3 Å². The summed E-state index contributed by atoms with van der Waals surface area (Å²) in [6.45, 7) is 2.16. The summed E-state index contributed by atoms with van der Waals surface area (Å²) < 4.78 is 10.1. The molecule has 0 aliphatic heterocycles. The number of methoxy groups -OCH3 is 2. The van der Waals surface area contributed by atoms with E-state index >= 15 is 0 Å². The number of ketones is 1. The van der Waals surface area contributed by atoms with Crippen LogP contribution in [0.5, 0.6) is 0 Å². The van der Waals surface area contributed by atoms with Crippen LogP contribution in [-0.2, 0) is 14.3 Å². The minimum atomic E-state index is -0.665. The Hall–Kier alpha value is -0.410. The van der Waals surface area contributed by atoms with Gasteiger partial charge in [0.1, 0.15) is 0 Å². The highest BCUT2D eigenvalue weighted by atomic mass is 16.7. The second-order valence-corrected chi connectivity index (χ2v) is 4.26. The molecule has 0 aromatic heterocycles. The molecule has 2 unspecified atom stereocenters. The van der Waals surface area contributed by atoms with Crippen LogP contribution < -0.4 is 0 Å². The number of carbonyl (C=O) groups is 1. The van der Waals surface area contributed by atoms with Crippen molar-refractivity contribution in [3.63, 3.8) is 0 Å². The minimum absolute atomic E-state index is 0.131. The van der Waals surface area contributed by atoms with Crippen molar-refractivity contribution in [1.29, 1.82) is 0 Å². The lowest BCUT2D eigenvalue weighted by Crippen LogP contribution is -2.36. The fourth-order valence-corrected chi connectivity index (χ4v) is 2.57. The Morgan fingerprint density at radius 1 is 1.27 bits per heavy atom. The van der Waals surface area contributed by atoms with Crippen molar-refractivity contribution < 1.29 is 14.3 Å². The van der Waals surface area contributed by atoms with Crippen molar-refractivity contribution in [1.82, 2.24) is 0 Å². The highest BCUT2D eigenvalue weighted by Gasteiger charge is 2.33. The number of carbonyl (C=O) groups excluding carboxylic acids is 1. The molecule has 1 fully saturated rings. The van der Waals surface area contributed by atoms with Crippen LogP contribution >= 0.6 is 0 Å². The first-order valence-electron chi connectivity index (χ1n) is 5.83. The summed E-state index contributed by atoms with van der Waals surface area (Å²) in [7, 11) is 3.05. The summed E-state index contributed by atoms with van der Waals surface area (Å²) in [5.74, 6) is 0.805. The Kier molecular flexibility index (Phi) is 5.26. The van der Waals surface area contributed by atoms with E-state index in [0.29, 0.717) is 5.92 Å². The van der Waals surface area contributed by atoms with Crippen molar-refractivity contribution in [2.45, 2.75) is 45.3 Å². The van der Waals surface area contributed by atoms with E-state index in [0.717, 1.165) is 19.3 Å². The van der Waals surface area contributed by atoms with Crippen molar-refractivity contribution in [2.75, 3.05) is 14.2 Å². The molecule has 1 rings (SSSR count). The van der Waals surface area contributed by atoms with Gasteiger partial charge in [0, 0.05) is 20.1 Å². The van der Waals surface area contributed by atoms with Gasteiger partial charge in [0.15, 0.2) is 5.78 Å². The van der Waals surface area contributed by atoms with E-state index < -0.39 is 6.29 Å². The van der Waals surface area contributed by atoms with Gasteiger partial charge in [0.25, 0.3) is 0 Å². The van der Waals surface area contributed by atoms with Gasteiger partial charge in [-0.1, -0.05) is 26.2 Å².